The molecule has 0 radical (unpaired) electrons. The number of nitrogens with one attached hydrogen (secondary N) is 1. The van der Waals surface area contributed by atoms with E-state index in [-0.39, 0.29) is 0 Å². The van der Waals surface area contributed by atoms with Gasteiger partial charge in [-0.25, -0.2) is 0 Å². The maximum Gasteiger partial charge on any atom is 0.134 e. The van der Waals surface area contributed by atoms with E-state index in [9.17, 15) is 0 Å². The highest BCUT2D eigenvalue weighted by Gasteiger charge is 2.26. The van der Waals surface area contributed by atoms with E-state index in [1.54, 1.807) is 0 Å². The van der Waals surface area contributed by atoms with E-state index in [1.165, 1.54) is 30.8 Å². The van der Waals surface area contributed by atoms with Crippen molar-refractivity contribution in [1.29, 1.82) is 0 Å². The molecule has 1 aliphatic heterocycles. The fraction of sp³-hybridized carbons (Fsp3) is 0.818. The minimum atomic E-state index is 0.662. The maximum absolute atomic E-state index is 4.21. The molecule has 0 aromatic carbocycles. The lowest BCUT2D eigenvalue weighted by Crippen LogP contribution is -2.43. The summed E-state index contributed by atoms with van der Waals surface area (Å²) in [5.41, 5.74) is 1.09. The summed E-state index contributed by atoms with van der Waals surface area (Å²) in [6.07, 6.45) is 3.96. The highest BCUT2D eigenvalue weighted by molar-refractivity contribution is 7.10. The summed E-state index contributed by atoms with van der Waals surface area (Å²) in [5, 5.41) is 8.48. The molecule has 2 heterocycles. The smallest absolute Gasteiger partial charge is 0.134 e. The van der Waals surface area contributed by atoms with Gasteiger partial charge in [-0.3, -0.25) is 4.90 Å². The van der Waals surface area contributed by atoms with Crippen LogP contribution in [0.4, 0.5) is 5.00 Å². The third kappa shape index (κ3) is 2.35. The Kier molecular flexibility index (Phi) is 3.76. The lowest BCUT2D eigenvalue weighted by atomic mass is 9.97. The quantitative estimate of drug-likeness (QED) is 0.880. The van der Waals surface area contributed by atoms with E-state index < -0.39 is 0 Å². The predicted octanol–water partition coefficient (Wildman–Crippen LogP) is 2.34. The average molecular weight is 240 g/mol. The van der Waals surface area contributed by atoms with E-state index in [0.717, 1.165) is 17.2 Å². The molecule has 1 aliphatic rings. The standard InChI is InChI=1S/C11H20N4S/c1-8-5-4-6-9(2)15(8)7-10-11(12-3)16-14-13-10/h8-9,12H,4-7H2,1-3H3/t8-,9+. The Labute approximate surface area is 101 Å². The van der Waals surface area contributed by atoms with E-state index in [4.69, 9.17) is 0 Å². The molecule has 2 rings (SSSR count). The number of hydrogen-bond acceptors (Lipinski definition) is 5. The number of anilines is 1. The molecule has 4 nitrogen and oxygen atoms in total. The van der Waals surface area contributed by atoms with Crippen molar-refractivity contribution < 1.29 is 0 Å². The van der Waals surface area contributed by atoms with Crippen LogP contribution in [0.25, 0.3) is 0 Å². The molecular weight excluding hydrogens is 220 g/mol. The second-order valence-electron chi connectivity index (χ2n) is 4.60. The molecule has 0 aliphatic carbocycles. The molecule has 0 saturated carbocycles. The normalized spacial score (nSPS) is 26.9. The van der Waals surface area contributed by atoms with Crippen LogP contribution in [0.2, 0.25) is 0 Å². The van der Waals surface area contributed by atoms with Crippen molar-refractivity contribution >= 4 is 16.5 Å². The summed E-state index contributed by atoms with van der Waals surface area (Å²) in [6, 6.07) is 1.32. The van der Waals surface area contributed by atoms with Crippen molar-refractivity contribution in [2.45, 2.75) is 51.7 Å². The number of nitrogens with zero attached hydrogens (tertiary/aromatic N) is 3. The van der Waals surface area contributed by atoms with E-state index in [2.05, 4.69) is 33.7 Å². The highest BCUT2D eigenvalue weighted by Crippen LogP contribution is 2.26. The van der Waals surface area contributed by atoms with Gasteiger partial charge in [-0.2, -0.15) is 0 Å². The Bertz CT molecular complexity index is 328. The Hall–Kier alpha value is -0.680. The Morgan fingerprint density at radius 3 is 2.69 bits per heavy atom. The van der Waals surface area contributed by atoms with Gasteiger partial charge in [0.2, 0.25) is 0 Å². The van der Waals surface area contributed by atoms with Crippen molar-refractivity contribution in [3.05, 3.63) is 5.69 Å². The molecular formula is C11H20N4S. The van der Waals surface area contributed by atoms with Crippen LogP contribution in [0.15, 0.2) is 0 Å². The first-order chi connectivity index (χ1) is 7.72. The first-order valence-corrected chi connectivity index (χ1v) is 6.74. The molecule has 2 atom stereocenters. The van der Waals surface area contributed by atoms with Crippen LogP contribution in [0, 0.1) is 0 Å². The molecule has 1 N–H and O–H groups in total. The minimum absolute atomic E-state index is 0.662. The summed E-state index contributed by atoms with van der Waals surface area (Å²) >= 11 is 1.44. The molecule has 5 heteroatoms. The van der Waals surface area contributed by atoms with Crippen molar-refractivity contribution in [2.24, 2.45) is 0 Å². The Morgan fingerprint density at radius 2 is 2.06 bits per heavy atom. The van der Waals surface area contributed by atoms with Crippen molar-refractivity contribution in [3.63, 3.8) is 0 Å². The molecule has 0 bridgehead atoms. The van der Waals surface area contributed by atoms with Crippen LogP contribution in [0.5, 0.6) is 0 Å². The molecule has 16 heavy (non-hydrogen) atoms. The zero-order valence-electron chi connectivity index (χ0n) is 10.2. The maximum atomic E-state index is 4.21. The summed E-state index contributed by atoms with van der Waals surface area (Å²) in [5.74, 6) is 0. The fourth-order valence-electron chi connectivity index (χ4n) is 2.46. The molecule has 1 fully saturated rings. The van der Waals surface area contributed by atoms with Gasteiger partial charge in [0.15, 0.2) is 0 Å². The first-order valence-electron chi connectivity index (χ1n) is 5.97. The van der Waals surface area contributed by atoms with Gasteiger partial charge in [-0.15, -0.1) is 5.10 Å². The Balaban J connectivity index is 2.07. The van der Waals surface area contributed by atoms with E-state index in [1.807, 2.05) is 7.05 Å². The zero-order chi connectivity index (χ0) is 11.5. The van der Waals surface area contributed by atoms with Gasteiger partial charge in [0.25, 0.3) is 0 Å². The number of aromatic nitrogens is 2. The second kappa shape index (κ2) is 5.10. The monoisotopic (exact) mass is 240 g/mol. The molecule has 1 aromatic heterocycles. The van der Waals surface area contributed by atoms with Crippen LogP contribution in [-0.2, 0) is 6.54 Å². The summed E-state index contributed by atoms with van der Waals surface area (Å²) < 4.78 is 4.01. The number of likely N-dealkylation sites (tertiary alicyclic amines) is 1. The first kappa shape index (κ1) is 11.8. The highest BCUT2D eigenvalue weighted by atomic mass is 32.1. The molecule has 90 valence electrons. The van der Waals surface area contributed by atoms with E-state index in [0.29, 0.717) is 12.1 Å². The topological polar surface area (TPSA) is 41.1 Å². The van der Waals surface area contributed by atoms with Crippen molar-refractivity contribution in [3.8, 4) is 0 Å². The lowest BCUT2D eigenvalue weighted by Gasteiger charge is -2.38. The molecule has 0 amide bonds. The predicted molar refractivity (Wildman–Crippen MR) is 67.8 cm³/mol. The summed E-state index contributed by atoms with van der Waals surface area (Å²) in [7, 11) is 1.93. The molecule has 1 aromatic rings. The van der Waals surface area contributed by atoms with Gasteiger partial charge < -0.3 is 5.32 Å². The number of rotatable bonds is 3. The summed E-state index contributed by atoms with van der Waals surface area (Å²) in [6.45, 7) is 5.55. The molecule has 0 spiro atoms. The fourth-order valence-corrected chi connectivity index (χ4v) is 2.98. The second-order valence-corrected chi connectivity index (χ2v) is 5.35. The third-order valence-electron chi connectivity index (χ3n) is 3.49. The van der Waals surface area contributed by atoms with Gasteiger partial charge in [0.1, 0.15) is 10.7 Å². The lowest BCUT2D eigenvalue weighted by molar-refractivity contribution is 0.0940. The van der Waals surface area contributed by atoms with E-state index >= 15 is 0 Å². The minimum Gasteiger partial charge on any atom is -0.377 e. The summed E-state index contributed by atoms with van der Waals surface area (Å²) in [4.78, 5) is 2.54. The van der Waals surface area contributed by atoms with Crippen LogP contribution in [-0.4, -0.2) is 33.6 Å². The zero-order valence-corrected chi connectivity index (χ0v) is 11.0. The number of piperidine rings is 1. The largest absolute Gasteiger partial charge is 0.377 e. The SMILES string of the molecule is CNc1snnc1CN1[C@H](C)CCC[C@@H]1C. The molecule has 1 saturated heterocycles. The van der Waals surface area contributed by atoms with Crippen LogP contribution < -0.4 is 5.32 Å². The third-order valence-corrected chi connectivity index (χ3v) is 4.28. The Morgan fingerprint density at radius 1 is 1.38 bits per heavy atom. The van der Waals surface area contributed by atoms with Crippen LogP contribution in [0.3, 0.4) is 0 Å². The van der Waals surface area contributed by atoms with Crippen LogP contribution in [0.1, 0.15) is 38.8 Å². The van der Waals surface area contributed by atoms with Gasteiger partial charge in [-0.05, 0) is 26.7 Å². The van der Waals surface area contributed by atoms with Gasteiger partial charge in [-0.1, -0.05) is 10.9 Å². The van der Waals surface area contributed by atoms with Gasteiger partial charge >= 0.3 is 0 Å². The average Bonchev–Trinajstić information content (AvgIpc) is 2.71. The van der Waals surface area contributed by atoms with Crippen molar-refractivity contribution in [2.75, 3.05) is 12.4 Å². The van der Waals surface area contributed by atoms with Gasteiger partial charge in [0, 0.05) is 37.2 Å². The van der Waals surface area contributed by atoms with Crippen LogP contribution >= 0.6 is 11.5 Å². The molecule has 0 unspecified atom stereocenters. The number of hydrogen-bond donors (Lipinski definition) is 1. The van der Waals surface area contributed by atoms with Gasteiger partial charge in [0.05, 0.1) is 0 Å². The van der Waals surface area contributed by atoms with Crippen molar-refractivity contribution in [1.82, 2.24) is 14.5 Å².